The zero-order chi connectivity index (χ0) is 13.7. The van der Waals surface area contributed by atoms with Crippen LogP contribution >= 0.6 is 23.4 Å². The van der Waals surface area contributed by atoms with E-state index in [1.807, 2.05) is 0 Å². The molecule has 0 spiro atoms. The fraction of sp³-hybridized carbons (Fsp3) is 0.333. The Labute approximate surface area is 112 Å². The minimum atomic E-state index is -1.40. The van der Waals surface area contributed by atoms with Gasteiger partial charge in [0.05, 0.1) is 17.8 Å². The summed E-state index contributed by atoms with van der Waals surface area (Å²) >= 11 is 6.96. The van der Waals surface area contributed by atoms with E-state index in [1.54, 1.807) is 6.26 Å². The lowest BCUT2D eigenvalue weighted by atomic mass is 10.3. The molecule has 0 aliphatic rings. The third-order valence-corrected chi connectivity index (χ3v) is 2.74. The number of aliphatic carboxylic acids is 1. The average Bonchev–Trinajstić information content (AvgIpc) is 2.35. The second-order valence-electron chi connectivity index (χ2n) is 3.10. The average molecular weight is 292 g/mol. The third-order valence-electron chi connectivity index (χ3n) is 1.91. The molecule has 0 saturated carbocycles. The number of carboxylic acids is 1. The smallest absolute Gasteiger partial charge is 0.328 e. The molecular formula is C9H10ClN3O4S. The SMILES string of the molecule is CSc1ncc(Cl)c(C(=O)NC(CO)C(=O)O)n1. The van der Waals surface area contributed by atoms with Gasteiger partial charge in [0.15, 0.2) is 16.9 Å². The van der Waals surface area contributed by atoms with Gasteiger partial charge in [-0.25, -0.2) is 14.8 Å². The number of aromatic nitrogens is 2. The van der Waals surface area contributed by atoms with E-state index in [2.05, 4.69) is 15.3 Å². The first kappa shape index (κ1) is 14.7. The van der Waals surface area contributed by atoms with Crippen LogP contribution in [0, 0.1) is 0 Å². The lowest BCUT2D eigenvalue weighted by Gasteiger charge is -2.11. The summed E-state index contributed by atoms with van der Waals surface area (Å²) < 4.78 is 0. The summed E-state index contributed by atoms with van der Waals surface area (Å²) in [5.74, 6) is -2.12. The molecule has 0 aliphatic carbocycles. The first-order valence-electron chi connectivity index (χ1n) is 4.70. The predicted octanol–water partition coefficient (Wildman–Crippen LogP) is 0.0272. The standard InChI is InChI=1S/C9H10ClN3O4S/c1-18-9-11-2-4(10)6(13-9)7(15)12-5(3-14)8(16)17/h2,5,14H,3H2,1H3,(H,12,15)(H,16,17). The zero-order valence-corrected chi connectivity index (χ0v) is 10.8. The van der Waals surface area contributed by atoms with Crippen LogP contribution in [-0.2, 0) is 4.79 Å². The fourth-order valence-corrected chi connectivity index (χ4v) is 1.54. The Hall–Kier alpha value is -1.38. The number of nitrogens with one attached hydrogen (secondary N) is 1. The van der Waals surface area contributed by atoms with Crippen molar-refractivity contribution in [1.29, 1.82) is 0 Å². The van der Waals surface area contributed by atoms with Gasteiger partial charge in [-0.3, -0.25) is 4.79 Å². The normalized spacial score (nSPS) is 11.9. The number of thioether (sulfide) groups is 1. The topological polar surface area (TPSA) is 112 Å². The van der Waals surface area contributed by atoms with Gasteiger partial charge in [0.25, 0.3) is 5.91 Å². The summed E-state index contributed by atoms with van der Waals surface area (Å²) in [6.07, 6.45) is 2.97. The number of carboxylic acid groups (broad SMARTS) is 1. The van der Waals surface area contributed by atoms with Gasteiger partial charge in [-0.1, -0.05) is 23.4 Å². The van der Waals surface area contributed by atoms with Crippen LogP contribution in [-0.4, -0.2) is 51.0 Å². The lowest BCUT2D eigenvalue weighted by molar-refractivity contribution is -0.140. The molecule has 98 valence electrons. The molecule has 0 bridgehead atoms. The first-order chi connectivity index (χ1) is 8.49. The Morgan fingerprint density at radius 2 is 2.28 bits per heavy atom. The highest BCUT2D eigenvalue weighted by atomic mass is 35.5. The number of nitrogens with zero attached hydrogens (tertiary/aromatic N) is 2. The Kier molecular flexibility index (Phi) is 5.32. The first-order valence-corrected chi connectivity index (χ1v) is 6.31. The Bertz CT molecular complexity index is 471. The van der Waals surface area contributed by atoms with Crippen LogP contribution in [0.3, 0.4) is 0 Å². The van der Waals surface area contributed by atoms with Crippen molar-refractivity contribution in [3.05, 3.63) is 16.9 Å². The monoisotopic (exact) mass is 291 g/mol. The minimum absolute atomic E-state index is 0.00683. The minimum Gasteiger partial charge on any atom is -0.480 e. The number of halogens is 1. The van der Waals surface area contributed by atoms with Gasteiger partial charge in [0.1, 0.15) is 0 Å². The highest BCUT2D eigenvalue weighted by molar-refractivity contribution is 7.98. The molecule has 7 nitrogen and oxygen atoms in total. The van der Waals surface area contributed by atoms with Crippen molar-refractivity contribution in [1.82, 2.24) is 15.3 Å². The van der Waals surface area contributed by atoms with Crippen LogP contribution < -0.4 is 5.32 Å². The lowest BCUT2D eigenvalue weighted by Crippen LogP contribution is -2.43. The molecule has 0 radical (unpaired) electrons. The summed E-state index contributed by atoms with van der Waals surface area (Å²) in [4.78, 5) is 30.1. The Morgan fingerprint density at radius 3 is 2.78 bits per heavy atom. The highest BCUT2D eigenvalue weighted by Gasteiger charge is 2.22. The van der Waals surface area contributed by atoms with Crippen LogP contribution in [0.1, 0.15) is 10.5 Å². The van der Waals surface area contributed by atoms with Crippen LogP contribution in [0.4, 0.5) is 0 Å². The van der Waals surface area contributed by atoms with Crippen molar-refractivity contribution in [2.45, 2.75) is 11.2 Å². The van der Waals surface area contributed by atoms with E-state index >= 15 is 0 Å². The maximum atomic E-state index is 11.7. The van der Waals surface area contributed by atoms with Crippen LogP contribution in [0.25, 0.3) is 0 Å². The van der Waals surface area contributed by atoms with Crippen molar-refractivity contribution in [3.8, 4) is 0 Å². The van der Waals surface area contributed by atoms with Crippen molar-refractivity contribution in [2.24, 2.45) is 0 Å². The van der Waals surface area contributed by atoms with Crippen molar-refractivity contribution < 1.29 is 19.8 Å². The van der Waals surface area contributed by atoms with E-state index < -0.39 is 24.5 Å². The molecule has 1 rings (SSSR count). The maximum Gasteiger partial charge on any atom is 0.328 e. The van der Waals surface area contributed by atoms with Gasteiger partial charge in [0.2, 0.25) is 0 Å². The second-order valence-corrected chi connectivity index (χ2v) is 4.28. The third kappa shape index (κ3) is 3.56. The van der Waals surface area contributed by atoms with Crippen molar-refractivity contribution in [3.63, 3.8) is 0 Å². The molecule has 18 heavy (non-hydrogen) atoms. The molecule has 3 N–H and O–H groups in total. The van der Waals surface area contributed by atoms with Crippen LogP contribution in [0.5, 0.6) is 0 Å². The molecule has 0 saturated heterocycles. The molecule has 1 aromatic rings. The van der Waals surface area contributed by atoms with E-state index in [1.165, 1.54) is 18.0 Å². The molecule has 1 heterocycles. The van der Waals surface area contributed by atoms with Crippen LogP contribution in [0.2, 0.25) is 5.02 Å². The summed E-state index contributed by atoms with van der Waals surface area (Å²) in [5, 5.41) is 19.9. The van der Waals surface area contributed by atoms with E-state index in [0.717, 1.165) is 0 Å². The summed E-state index contributed by atoms with van der Waals surface area (Å²) in [6, 6.07) is -1.40. The molecule has 1 aromatic heterocycles. The van der Waals surface area contributed by atoms with E-state index in [9.17, 15) is 9.59 Å². The second kappa shape index (κ2) is 6.53. The van der Waals surface area contributed by atoms with E-state index in [4.69, 9.17) is 21.8 Å². The molecule has 0 fully saturated rings. The van der Waals surface area contributed by atoms with Gasteiger partial charge in [-0.2, -0.15) is 0 Å². The van der Waals surface area contributed by atoms with Crippen molar-refractivity contribution in [2.75, 3.05) is 12.9 Å². The molecule has 9 heteroatoms. The molecule has 0 aliphatic heterocycles. The number of rotatable bonds is 5. The van der Waals surface area contributed by atoms with Crippen LogP contribution in [0.15, 0.2) is 11.4 Å². The predicted molar refractivity (Wildman–Crippen MR) is 64.8 cm³/mol. The molecule has 0 aromatic carbocycles. The largest absolute Gasteiger partial charge is 0.480 e. The van der Waals surface area contributed by atoms with Gasteiger partial charge >= 0.3 is 5.97 Å². The number of carbonyl (C=O) groups is 2. The van der Waals surface area contributed by atoms with Crippen molar-refractivity contribution >= 4 is 35.2 Å². The zero-order valence-electron chi connectivity index (χ0n) is 9.25. The summed E-state index contributed by atoms with van der Waals surface area (Å²) in [6.45, 7) is -0.723. The Balaban J connectivity index is 2.93. The highest BCUT2D eigenvalue weighted by Crippen LogP contribution is 2.16. The molecular weight excluding hydrogens is 282 g/mol. The number of hydrogen-bond donors (Lipinski definition) is 3. The maximum absolute atomic E-state index is 11.7. The molecule has 1 unspecified atom stereocenters. The fourth-order valence-electron chi connectivity index (χ4n) is 1.02. The van der Waals surface area contributed by atoms with E-state index in [0.29, 0.717) is 5.16 Å². The summed E-state index contributed by atoms with van der Waals surface area (Å²) in [5.41, 5.74) is -0.129. The molecule has 1 atom stereocenters. The van der Waals surface area contributed by atoms with Gasteiger partial charge in [0, 0.05) is 0 Å². The van der Waals surface area contributed by atoms with Gasteiger partial charge < -0.3 is 15.5 Å². The number of aliphatic hydroxyl groups excluding tert-OH is 1. The van der Waals surface area contributed by atoms with Gasteiger partial charge in [-0.15, -0.1) is 0 Å². The van der Waals surface area contributed by atoms with E-state index in [-0.39, 0.29) is 10.7 Å². The number of amides is 1. The number of aliphatic hydroxyl groups is 1. The molecule has 1 amide bonds. The summed E-state index contributed by atoms with van der Waals surface area (Å²) in [7, 11) is 0. The number of carbonyl (C=O) groups excluding carboxylic acids is 1. The Morgan fingerprint density at radius 1 is 1.61 bits per heavy atom. The van der Waals surface area contributed by atoms with Gasteiger partial charge in [-0.05, 0) is 6.26 Å². The number of hydrogen-bond acceptors (Lipinski definition) is 6. The quantitative estimate of drug-likeness (QED) is 0.518.